The number of piperazine rings is 1. The third kappa shape index (κ3) is 4.98. The number of ether oxygens (including phenoxy) is 1. The molecule has 10 heteroatoms. The molecule has 3 fully saturated rings. The number of hydrogen-bond donors (Lipinski definition) is 2. The Morgan fingerprint density at radius 1 is 1.25 bits per heavy atom. The second-order valence-corrected chi connectivity index (χ2v) is 10.6. The van der Waals surface area contributed by atoms with Crippen molar-refractivity contribution >= 4 is 21.8 Å². The number of nitrogens with zero attached hydrogens (tertiary/aromatic N) is 2. The maximum atomic E-state index is 12.8. The minimum absolute atomic E-state index is 0.0105. The molecular formula is C22H32N4O5S. The molecule has 9 nitrogen and oxygen atoms in total. The van der Waals surface area contributed by atoms with Gasteiger partial charge in [-0.25, -0.2) is 13.1 Å². The molecule has 1 aromatic rings. The molecule has 2 amide bonds. The van der Waals surface area contributed by atoms with Crippen LogP contribution in [-0.4, -0.2) is 87.6 Å². The first-order valence-electron chi connectivity index (χ1n) is 11.3. The van der Waals surface area contributed by atoms with Crippen molar-refractivity contribution in [2.75, 3.05) is 33.4 Å². The van der Waals surface area contributed by atoms with Gasteiger partial charge in [-0.15, -0.1) is 0 Å². The van der Waals surface area contributed by atoms with Crippen LogP contribution in [0.5, 0.6) is 0 Å². The molecule has 3 aliphatic rings. The molecule has 4 unspecified atom stereocenters. The van der Waals surface area contributed by atoms with E-state index in [1.807, 2.05) is 4.90 Å². The lowest BCUT2D eigenvalue weighted by molar-refractivity contribution is -0.133. The third-order valence-corrected chi connectivity index (χ3v) is 8.28. The first-order valence-corrected chi connectivity index (χ1v) is 12.8. The van der Waals surface area contributed by atoms with Crippen molar-refractivity contribution in [2.45, 2.75) is 61.2 Å². The van der Waals surface area contributed by atoms with Gasteiger partial charge in [-0.3, -0.25) is 14.5 Å². The van der Waals surface area contributed by atoms with Crippen LogP contribution >= 0.6 is 0 Å². The summed E-state index contributed by atoms with van der Waals surface area (Å²) in [4.78, 5) is 29.5. The molecule has 32 heavy (non-hydrogen) atoms. The van der Waals surface area contributed by atoms with Gasteiger partial charge in [0.2, 0.25) is 21.8 Å². The van der Waals surface area contributed by atoms with E-state index < -0.39 is 10.0 Å². The molecule has 3 heterocycles. The lowest BCUT2D eigenvalue weighted by Crippen LogP contribution is -2.58. The monoisotopic (exact) mass is 464 g/mol. The predicted molar refractivity (Wildman–Crippen MR) is 118 cm³/mol. The minimum atomic E-state index is -3.65. The number of amides is 2. The van der Waals surface area contributed by atoms with Gasteiger partial charge >= 0.3 is 0 Å². The van der Waals surface area contributed by atoms with E-state index >= 15 is 0 Å². The average molecular weight is 465 g/mol. The number of sulfonamides is 1. The van der Waals surface area contributed by atoms with Crippen LogP contribution in [0.15, 0.2) is 35.2 Å². The predicted octanol–water partition coefficient (Wildman–Crippen LogP) is 0.324. The van der Waals surface area contributed by atoms with Crippen LogP contribution in [-0.2, 0) is 24.3 Å². The van der Waals surface area contributed by atoms with Crippen molar-refractivity contribution in [2.24, 2.45) is 0 Å². The van der Waals surface area contributed by atoms with Crippen LogP contribution < -0.4 is 10.0 Å². The van der Waals surface area contributed by atoms with E-state index in [4.69, 9.17) is 4.74 Å². The van der Waals surface area contributed by atoms with Crippen LogP contribution in [0.1, 0.15) is 32.1 Å². The topological polar surface area (TPSA) is 108 Å². The number of nitrogens with one attached hydrogen (secondary N) is 2. The van der Waals surface area contributed by atoms with Crippen molar-refractivity contribution in [3.8, 4) is 0 Å². The van der Waals surface area contributed by atoms with Gasteiger partial charge in [-0.2, -0.15) is 0 Å². The van der Waals surface area contributed by atoms with Crippen LogP contribution in [0.2, 0.25) is 0 Å². The van der Waals surface area contributed by atoms with Gasteiger partial charge < -0.3 is 15.0 Å². The lowest BCUT2D eigenvalue weighted by Gasteiger charge is -2.37. The van der Waals surface area contributed by atoms with E-state index in [1.54, 1.807) is 37.4 Å². The molecular weight excluding hydrogens is 432 g/mol. The molecule has 3 saturated heterocycles. The zero-order chi connectivity index (χ0) is 22.7. The highest BCUT2D eigenvalue weighted by Crippen LogP contribution is 2.27. The normalized spacial score (nSPS) is 28.5. The molecule has 3 aliphatic heterocycles. The number of rotatable bonds is 8. The number of methoxy groups -OCH3 is 1. The third-order valence-electron chi connectivity index (χ3n) is 6.75. The molecule has 2 N–H and O–H groups in total. The summed E-state index contributed by atoms with van der Waals surface area (Å²) < 4.78 is 33.4. The van der Waals surface area contributed by atoms with Gasteiger partial charge in [-0.1, -0.05) is 18.2 Å². The van der Waals surface area contributed by atoms with Crippen molar-refractivity contribution < 1.29 is 22.7 Å². The fourth-order valence-corrected chi connectivity index (χ4v) is 6.44. The second-order valence-electron chi connectivity index (χ2n) is 8.86. The fraction of sp³-hybridized carbons (Fsp3) is 0.636. The van der Waals surface area contributed by atoms with Gasteiger partial charge in [0.15, 0.2) is 0 Å². The van der Waals surface area contributed by atoms with Crippen molar-refractivity contribution in [1.82, 2.24) is 19.8 Å². The van der Waals surface area contributed by atoms with Gasteiger partial charge in [0.05, 0.1) is 23.6 Å². The Bertz CT molecular complexity index is 926. The fourth-order valence-electron chi connectivity index (χ4n) is 5.18. The largest absolute Gasteiger partial charge is 0.383 e. The summed E-state index contributed by atoms with van der Waals surface area (Å²) in [7, 11) is -2.00. The van der Waals surface area contributed by atoms with Crippen LogP contribution in [0, 0.1) is 0 Å². The summed E-state index contributed by atoms with van der Waals surface area (Å²) in [5.41, 5.74) is 0. The van der Waals surface area contributed by atoms with E-state index in [9.17, 15) is 18.0 Å². The molecule has 0 bridgehead atoms. The van der Waals surface area contributed by atoms with Gasteiger partial charge in [0.25, 0.3) is 0 Å². The van der Waals surface area contributed by atoms with Gasteiger partial charge in [0, 0.05) is 45.2 Å². The molecule has 0 spiro atoms. The standard InChI is InChI=1S/C22H32N4O5S/c1-31-15-18-6-5-11-25(18)21(27)10-9-17-13-23-22(28)20-12-16(14-26(17)20)24-32(29,30)19-7-3-2-4-8-19/h2-4,7-8,16-18,20,24H,5-6,9-15H2,1H3,(H,23,28). The first kappa shape index (κ1) is 23.2. The summed E-state index contributed by atoms with van der Waals surface area (Å²) in [6, 6.07) is 7.69. The number of carbonyl (C=O) groups excluding carboxylic acids is 2. The summed E-state index contributed by atoms with van der Waals surface area (Å²) >= 11 is 0. The average Bonchev–Trinajstić information content (AvgIpc) is 3.41. The Balaban J connectivity index is 1.36. The zero-order valence-electron chi connectivity index (χ0n) is 18.4. The maximum Gasteiger partial charge on any atom is 0.240 e. The van der Waals surface area contributed by atoms with E-state index in [1.165, 1.54) is 0 Å². The number of carbonyl (C=O) groups is 2. The summed E-state index contributed by atoms with van der Waals surface area (Å²) in [6.07, 6.45) is 3.42. The maximum absolute atomic E-state index is 12.8. The Labute approximate surface area is 189 Å². The van der Waals surface area contributed by atoms with Crippen molar-refractivity contribution in [3.63, 3.8) is 0 Å². The van der Waals surface area contributed by atoms with Crippen molar-refractivity contribution in [1.29, 1.82) is 0 Å². The molecule has 0 aromatic heterocycles. The Morgan fingerprint density at radius 2 is 2.03 bits per heavy atom. The van der Waals surface area contributed by atoms with Crippen LogP contribution in [0.3, 0.4) is 0 Å². The number of likely N-dealkylation sites (tertiary alicyclic amines) is 1. The molecule has 4 rings (SSSR count). The Morgan fingerprint density at radius 3 is 2.78 bits per heavy atom. The van der Waals surface area contributed by atoms with Crippen LogP contribution in [0.25, 0.3) is 0 Å². The van der Waals surface area contributed by atoms with Gasteiger partial charge in [0.1, 0.15) is 0 Å². The van der Waals surface area contributed by atoms with E-state index in [2.05, 4.69) is 14.9 Å². The van der Waals surface area contributed by atoms with Crippen LogP contribution in [0.4, 0.5) is 0 Å². The number of benzene rings is 1. The lowest BCUT2D eigenvalue weighted by atomic mass is 10.0. The molecule has 0 saturated carbocycles. The van der Waals surface area contributed by atoms with Gasteiger partial charge in [-0.05, 0) is 37.8 Å². The van der Waals surface area contributed by atoms with E-state index in [-0.39, 0.29) is 40.9 Å². The van der Waals surface area contributed by atoms with E-state index in [0.717, 1.165) is 19.4 Å². The highest BCUT2D eigenvalue weighted by Gasteiger charge is 2.44. The molecule has 4 atom stereocenters. The molecule has 0 radical (unpaired) electrons. The SMILES string of the molecule is COCC1CCCN1C(=O)CCC1CNC(=O)C2CC(NS(=O)(=O)c3ccccc3)CN12. The van der Waals surface area contributed by atoms with E-state index in [0.29, 0.717) is 39.0 Å². The zero-order valence-corrected chi connectivity index (χ0v) is 19.2. The second kappa shape index (κ2) is 9.86. The molecule has 0 aliphatic carbocycles. The quantitative estimate of drug-likeness (QED) is 0.574. The highest BCUT2D eigenvalue weighted by atomic mass is 32.2. The number of fused-ring (bicyclic) bond motifs is 1. The Kier molecular flexibility index (Phi) is 7.14. The summed E-state index contributed by atoms with van der Waals surface area (Å²) in [5.74, 6) is 0.0483. The molecule has 1 aromatic carbocycles. The minimum Gasteiger partial charge on any atom is -0.383 e. The highest BCUT2D eigenvalue weighted by molar-refractivity contribution is 7.89. The summed E-state index contributed by atoms with van der Waals surface area (Å²) in [5, 5.41) is 2.94. The number of hydrogen-bond acceptors (Lipinski definition) is 6. The first-order chi connectivity index (χ1) is 15.4. The summed E-state index contributed by atoms with van der Waals surface area (Å²) in [6.45, 7) is 2.26. The van der Waals surface area contributed by atoms with Crippen molar-refractivity contribution in [3.05, 3.63) is 30.3 Å². The smallest absolute Gasteiger partial charge is 0.240 e. The molecule has 176 valence electrons. The Hall–Kier alpha value is -2.01.